The fraction of sp³-hybridized carbons (Fsp3) is 0.525. The molecule has 4 aromatic rings. The van der Waals surface area contributed by atoms with Crippen LogP contribution in [0.15, 0.2) is 126 Å². The molecule has 6 rings (SSSR count). The van der Waals surface area contributed by atoms with Gasteiger partial charge < -0.3 is 47.4 Å². The standard InChI is InChI=1S/C59H76O14S/c1-56(2,3)52(60)68-37-43-45(71-53(61)57(4,5)6)47(72-54(62)58(7,8)9)48(73-55(63)59(10,11)12)50(69-43)67-36-42-44(64-33-38-25-17-13-18-26-38)46(65-34-39-27-19-14-20-28-39)49(66-35-40-29-21-15-22-30-40)51(70-42)74-41-31-23-16-24-32-41/h13-32,42-51H,33-37H2,1-12H3/t42-,43-,44-,45-,46+,47+,48-,49-,50-,51+/m1/s1. The van der Waals surface area contributed by atoms with E-state index >= 15 is 0 Å². The van der Waals surface area contributed by atoms with Gasteiger partial charge in [-0.2, -0.15) is 0 Å². The highest BCUT2D eigenvalue weighted by molar-refractivity contribution is 7.99. The molecule has 0 amide bonds. The zero-order valence-corrected chi connectivity index (χ0v) is 45.8. The Kier molecular flexibility index (Phi) is 20.1. The third-order valence-corrected chi connectivity index (χ3v) is 13.2. The molecule has 0 bridgehead atoms. The van der Waals surface area contributed by atoms with Gasteiger partial charge in [0.1, 0.15) is 42.6 Å². The van der Waals surface area contributed by atoms with Gasteiger partial charge >= 0.3 is 23.9 Å². The van der Waals surface area contributed by atoms with Crippen molar-refractivity contribution in [1.29, 1.82) is 0 Å². The van der Waals surface area contributed by atoms with Gasteiger partial charge in [0.05, 0.1) is 48.1 Å². The molecule has 74 heavy (non-hydrogen) atoms. The quantitative estimate of drug-likeness (QED) is 0.0644. The minimum absolute atomic E-state index is 0.164. The molecule has 4 aromatic carbocycles. The summed E-state index contributed by atoms with van der Waals surface area (Å²) in [5.41, 5.74) is -2.04. The van der Waals surface area contributed by atoms with Crippen LogP contribution in [0.25, 0.3) is 0 Å². The van der Waals surface area contributed by atoms with Crippen molar-refractivity contribution < 1.29 is 66.5 Å². The van der Waals surface area contributed by atoms with Gasteiger partial charge in [-0.1, -0.05) is 121 Å². The summed E-state index contributed by atoms with van der Waals surface area (Å²) in [5, 5.41) is 0. The van der Waals surface area contributed by atoms with E-state index < -0.39 is 113 Å². The highest BCUT2D eigenvalue weighted by Gasteiger charge is 2.56. The van der Waals surface area contributed by atoms with Gasteiger partial charge in [0.2, 0.25) is 0 Å². The Morgan fingerprint density at radius 3 is 1.23 bits per heavy atom. The Balaban J connectivity index is 1.46. The van der Waals surface area contributed by atoms with Crippen molar-refractivity contribution in [3.63, 3.8) is 0 Å². The number of hydrogen-bond donors (Lipinski definition) is 0. The lowest BCUT2D eigenvalue weighted by Crippen LogP contribution is -2.65. The second-order valence-electron chi connectivity index (χ2n) is 22.8. The van der Waals surface area contributed by atoms with Crippen LogP contribution in [0, 0.1) is 21.7 Å². The molecule has 0 spiro atoms. The first-order valence-corrected chi connectivity index (χ1v) is 26.2. The van der Waals surface area contributed by atoms with Gasteiger partial charge in [0.25, 0.3) is 0 Å². The van der Waals surface area contributed by atoms with Crippen LogP contribution in [0.3, 0.4) is 0 Å². The van der Waals surface area contributed by atoms with Gasteiger partial charge in [-0.25, -0.2) is 0 Å². The monoisotopic (exact) mass is 1040 g/mol. The lowest BCUT2D eigenvalue weighted by Gasteiger charge is -2.48. The number of ether oxygens (including phenoxy) is 10. The van der Waals surface area contributed by atoms with E-state index in [-0.39, 0.29) is 26.4 Å². The Labute approximate surface area is 441 Å². The summed E-state index contributed by atoms with van der Waals surface area (Å²) < 4.78 is 66.2. The molecule has 2 aliphatic rings. The van der Waals surface area contributed by atoms with Crippen LogP contribution in [0.5, 0.6) is 0 Å². The van der Waals surface area contributed by atoms with Gasteiger partial charge in [0, 0.05) is 4.90 Å². The van der Waals surface area contributed by atoms with Crippen molar-refractivity contribution >= 4 is 35.6 Å². The Morgan fingerprint density at radius 2 is 0.784 bits per heavy atom. The lowest BCUT2D eigenvalue weighted by atomic mass is 9.93. The van der Waals surface area contributed by atoms with E-state index in [2.05, 4.69) is 0 Å². The normalized spacial score (nSPS) is 24.6. The van der Waals surface area contributed by atoms with Crippen LogP contribution < -0.4 is 0 Å². The van der Waals surface area contributed by atoms with E-state index in [1.54, 1.807) is 83.1 Å². The van der Waals surface area contributed by atoms with Crippen LogP contribution in [0.1, 0.15) is 99.8 Å². The summed E-state index contributed by atoms with van der Waals surface area (Å²) >= 11 is 1.46. The predicted octanol–water partition coefficient (Wildman–Crippen LogP) is 10.5. The molecule has 0 radical (unpaired) electrons. The topological polar surface area (TPSA) is 161 Å². The molecule has 14 nitrogen and oxygen atoms in total. The summed E-state index contributed by atoms with van der Waals surface area (Å²) in [7, 11) is 0. The predicted molar refractivity (Wildman–Crippen MR) is 279 cm³/mol. The molecule has 402 valence electrons. The van der Waals surface area contributed by atoms with Crippen LogP contribution in [-0.4, -0.2) is 97.6 Å². The molecule has 15 heteroatoms. The minimum Gasteiger partial charge on any atom is -0.462 e. The maximum Gasteiger partial charge on any atom is 0.311 e. The third kappa shape index (κ3) is 16.7. The van der Waals surface area contributed by atoms with E-state index in [1.165, 1.54) is 11.8 Å². The molecule has 10 atom stereocenters. The van der Waals surface area contributed by atoms with Crippen molar-refractivity contribution in [3.8, 4) is 0 Å². The molecule has 0 aliphatic carbocycles. The molecule has 0 N–H and O–H groups in total. The average Bonchev–Trinajstić information content (AvgIpc) is 3.35. The first-order valence-electron chi connectivity index (χ1n) is 25.3. The summed E-state index contributed by atoms with van der Waals surface area (Å²) in [5.74, 6) is -2.60. The SMILES string of the molecule is CC(C)(C)C(=O)OC[C@H]1O[C@@H](OC[C@H]2O[C@@H](Sc3ccccc3)[C@H](OCc3ccccc3)[C@@H](OCc3ccccc3)[C@@H]2OCc2ccccc2)[C@H](OC(=O)C(C)(C)C)[C@@H](OC(=O)C(C)(C)C)[C@@H]1OC(=O)C(C)(C)C. The Bertz CT molecular complexity index is 2390. The van der Waals surface area contributed by atoms with Gasteiger partial charge in [-0.3, -0.25) is 19.2 Å². The summed E-state index contributed by atoms with van der Waals surface area (Å²) in [6.07, 6.45) is -10.6. The van der Waals surface area contributed by atoms with Crippen molar-refractivity contribution in [3.05, 3.63) is 138 Å². The second kappa shape index (κ2) is 25.6. The Morgan fingerprint density at radius 1 is 0.405 bits per heavy atom. The molecule has 2 saturated heterocycles. The number of rotatable bonds is 19. The highest BCUT2D eigenvalue weighted by Crippen LogP contribution is 2.40. The highest BCUT2D eigenvalue weighted by atomic mass is 32.2. The zero-order chi connectivity index (χ0) is 53.8. The van der Waals surface area contributed by atoms with Crippen LogP contribution in [0.4, 0.5) is 0 Å². The number of thioether (sulfide) groups is 1. The van der Waals surface area contributed by atoms with Gasteiger partial charge in [-0.05, 0) is 112 Å². The van der Waals surface area contributed by atoms with Crippen LogP contribution >= 0.6 is 11.8 Å². The molecule has 0 aromatic heterocycles. The number of carbonyl (C=O) groups is 4. The third-order valence-electron chi connectivity index (χ3n) is 12.0. The average molecular weight is 1040 g/mol. The van der Waals surface area contributed by atoms with Crippen molar-refractivity contribution in [2.75, 3.05) is 13.2 Å². The Hall–Kier alpha value is -5.13. The number of hydrogen-bond acceptors (Lipinski definition) is 15. The molecular weight excluding hydrogens is 965 g/mol. The maximum absolute atomic E-state index is 14.1. The number of esters is 4. The molecule has 2 heterocycles. The molecule has 0 saturated carbocycles. The second-order valence-corrected chi connectivity index (χ2v) is 24.0. The summed E-state index contributed by atoms with van der Waals surface area (Å²) in [6, 6.07) is 39.2. The van der Waals surface area contributed by atoms with Gasteiger partial charge in [0.15, 0.2) is 24.6 Å². The molecule has 0 unspecified atom stereocenters. The van der Waals surface area contributed by atoms with E-state index in [0.717, 1.165) is 21.6 Å². The van der Waals surface area contributed by atoms with Crippen LogP contribution in [-0.2, 0) is 86.4 Å². The molecular formula is C59H76O14S. The minimum atomic E-state index is -1.53. The summed E-state index contributed by atoms with van der Waals surface area (Å²) in [6.45, 7) is 20.1. The van der Waals surface area contributed by atoms with E-state index in [1.807, 2.05) is 121 Å². The van der Waals surface area contributed by atoms with E-state index in [9.17, 15) is 19.2 Å². The van der Waals surface area contributed by atoms with E-state index in [4.69, 9.17) is 47.4 Å². The molecule has 2 fully saturated rings. The smallest absolute Gasteiger partial charge is 0.311 e. The van der Waals surface area contributed by atoms with Crippen molar-refractivity contribution in [2.24, 2.45) is 21.7 Å². The maximum atomic E-state index is 14.1. The first-order chi connectivity index (χ1) is 34.9. The van der Waals surface area contributed by atoms with E-state index in [0.29, 0.717) is 0 Å². The molecule has 2 aliphatic heterocycles. The number of carbonyl (C=O) groups excluding carboxylic acids is 4. The zero-order valence-electron chi connectivity index (χ0n) is 45.0. The fourth-order valence-corrected chi connectivity index (χ4v) is 8.77. The van der Waals surface area contributed by atoms with Gasteiger partial charge in [-0.15, -0.1) is 0 Å². The first kappa shape index (κ1) is 58.1. The van der Waals surface area contributed by atoms with Crippen LogP contribution in [0.2, 0.25) is 0 Å². The summed E-state index contributed by atoms with van der Waals surface area (Å²) in [4.78, 5) is 56.3. The van der Waals surface area contributed by atoms with Crippen molar-refractivity contribution in [1.82, 2.24) is 0 Å². The largest absolute Gasteiger partial charge is 0.462 e. The fourth-order valence-electron chi connectivity index (χ4n) is 7.62. The lowest BCUT2D eigenvalue weighted by molar-refractivity contribution is -0.323. The van der Waals surface area contributed by atoms with Crippen molar-refractivity contribution in [2.45, 2.75) is 168 Å². The number of benzene rings is 4.